The Bertz CT molecular complexity index is 328. The summed E-state index contributed by atoms with van der Waals surface area (Å²) >= 11 is 3.55. The maximum atomic E-state index is 10.8. The van der Waals surface area contributed by atoms with Crippen molar-refractivity contribution in [2.24, 2.45) is 0 Å². The lowest BCUT2D eigenvalue weighted by Crippen LogP contribution is -2.29. The van der Waals surface area contributed by atoms with E-state index in [0.29, 0.717) is 6.61 Å². The topological polar surface area (TPSA) is 38.3 Å². The minimum absolute atomic E-state index is 0.0184. The van der Waals surface area contributed by atoms with Gasteiger partial charge in [0, 0.05) is 0 Å². The van der Waals surface area contributed by atoms with Gasteiger partial charge in [0.05, 0.1) is 10.9 Å². The second kappa shape index (κ2) is 4.00. The Hall–Kier alpha value is -1.03. The molecule has 0 aliphatic carbocycles. The molecule has 2 rings (SSSR count). The van der Waals surface area contributed by atoms with Gasteiger partial charge in [0.1, 0.15) is 6.61 Å². The fourth-order valence-corrected chi connectivity index (χ4v) is 2.02. The molecule has 1 fully saturated rings. The monoisotopic (exact) mass is 255 g/mol. The molecule has 1 amide bonds. The van der Waals surface area contributed by atoms with Crippen molar-refractivity contribution in [1.82, 2.24) is 5.32 Å². The molecule has 3 nitrogen and oxygen atoms in total. The van der Waals surface area contributed by atoms with Gasteiger partial charge in [-0.2, -0.15) is 0 Å². The average Bonchev–Trinajstić information content (AvgIpc) is 2.65. The molecule has 1 aliphatic heterocycles. The summed E-state index contributed by atoms with van der Waals surface area (Å²) in [5.74, 6) is 0. The summed E-state index contributed by atoms with van der Waals surface area (Å²) in [4.78, 5) is 10.9. The first-order chi connectivity index (χ1) is 6.77. The molecule has 0 bridgehead atoms. The van der Waals surface area contributed by atoms with Crippen LogP contribution in [0.2, 0.25) is 0 Å². The summed E-state index contributed by atoms with van der Waals surface area (Å²) in [5.41, 5.74) is 1.14. The Kier molecular flexibility index (Phi) is 2.72. The van der Waals surface area contributed by atoms with Gasteiger partial charge in [0.25, 0.3) is 0 Å². The Morgan fingerprint density at radius 3 is 2.71 bits per heavy atom. The highest BCUT2D eigenvalue weighted by atomic mass is 79.9. The predicted molar refractivity (Wildman–Crippen MR) is 56.4 cm³/mol. The van der Waals surface area contributed by atoms with Crippen molar-refractivity contribution in [2.45, 2.75) is 10.9 Å². The summed E-state index contributed by atoms with van der Waals surface area (Å²) in [6, 6.07) is 9.97. The quantitative estimate of drug-likeness (QED) is 0.824. The summed E-state index contributed by atoms with van der Waals surface area (Å²) in [5, 5.41) is 2.74. The summed E-state index contributed by atoms with van der Waals surface area (Å²) in [6.07, 6.45) is -0.338. The standard InChI is InChI=1S/C10H10BrNO2/c11-9(7-4-2-1-3-5-7)8-6-14-10(13)12-8/h1-5,8-9H,6H2,(H,12,13)/t8-,9-/m1/s1. The Balaban J connectivity index is 2.09. The van der Waals surface area contributed by atoms with Crippen molar-refractivity contribution in [1.29, 1.82) is 0 Å². The van der Waals surface area contributed by atoms with Crippen LogP contribution in [0.15, 0.2) is 30.3 Å². The molecule has 1 N–H and O–H groups in total. The minimum atomic E-state index is -0.338. The third-order valence-electron chi connectivity index (χ3n) is 2.17. The molecule has 0 spiro atoms. The molecule has 14 heavy (non-hydrogen) atoms. The van der Waals surface area contributed by atoms with Crippen LogP contribution in [-0.2, 0) is 4.74 Å². The molecule has 1 aromatic rings. The van der Waals surface area contributed by atoms with Crippen LogP contribution in [0.5, 0.6) is 0 Å². The molecule has 0 unspecified atom stereocenters. The number of hydrogen-bond acceptors (Lipinski definition) is 2. The van der Waals surface area contributed by atoms with Crippen molar-refractivity contribution in [3.63, 3.8) is 0 Å². The van der Waals surface area contributed by atoms with Gasteiger partial charge < -0.3 is 10.1 Å². The SMILES string of the molecule is O=C1N[C@@H]([C@H](Br)c2ccccc2)CO1. The first-order valence-electron chi connectivity index (χ1n) is 4.39. The van der Waals surface area contributed by atoms with Gasteiger partial charge in [-0.3, -0.25) is 0 Å². The molecule has 1 aromatic carbocycles. The van der Waals surface area contributed by atoms with Crippen molar-refractivity contribution >= 4 is 22.0 Å². The van der Waals surface area contributed by atoms with Gasteiger partial charge in [-0.05, 0) is 5.56 Å². The first-order valence-corrected chi connectivity index (χ1v) is 5.31. The zero-order valence-corrected chi connectivity index (χ0v) is 9.03. The van der Waals surface area contributed by atoms with Crippen molar-refractivity contribution in [3.8, 4) is 0 Å². The average molecular weight is 256 g/mol. The second-order valence-corrected chi connectivity index (χ2v) is 4.15. The molecule has 1 aliphatic rings. The smallest absolute Gasteiger partial charge is 0.407 e. The van der Waals surface area contributed by atoms with Crippen LogP contribution >= 0.6 is 15.9 Å². The molecular weight excluding hydrogens is 246 g/mol. The Labute approximate surface area is 90.6 Å². The number of cyclic esters (lactones) is 1. The Morgan fingerprint density at radius 1 is 1.43 bits per heavy atom. The maximum absolute atomic E-state index is 10.8. The predicted octanol–water partition coefficient (Wildman–Crippen LogP) is 2.23. The van der Waals surface area contributed by atoms with E-state index in [4.69, 9.17) is 4.74 Å². The lowest BCUT2D eigenvalue weighted by atomic mass is 10.1. The molecular formula is C10H10BrNO2. The van der Waals surface area contributed by atoms with E-state index in [2.05, 4.69) is 21.2 Å². The van der Waals surface area contributed by atoms with E-state index < -0.39 is 0 Å². The highest BCUT2D eigenvalue weighted by Gasteiger charge is 2.29. The summed E-state index contributed by atoms with van der Waals surface area (Å²) in [7, 11) is 0. The van der Waals surface area contributed by atoms with Crippen LogP contribution in [0.25, 0.3) is 0 Å². The van der Waals surface area contributed by atoms with E-state index in [-0.39, 0.29) is 17.0 Å². The van der Waals surface area contributed by atoms with Crippen LogP contribution in [0, 0.1) is 0 Å². The molecule has 0 radical (unpaired) electrons. The molecule has 4 heteroatoms. The number of nitrogens with one attached hydrogen (secondary N) is 1. The third kappa shape index (κ3) is 1.90. The van der Waals surface area contributed by atoms with Gasteiger partial charge in [-0.15, -0.1) is 0 Å². The van der Waals surface area contributed by atoms with E-state index in [1.165, 1.54) is 0 Å². The van der Waals surface area contributed by atoms with Gasteiger partial charge in [0.15, 0.2) is 0 Å². The number of halogens is 1. The number of carbonyl (C=O) groups is 1. The number of rotatable bonds is 2. The van der Waals surface area contributed by atoms with Crippen LogP contribution in [0.3, 0.4) is 0 Å². The van der Waals surface area contributed by atoms with Crippen molar-refractivity contribution in [2.75, 3.05) is 6.61 Å². The van der Waals surface area contributed by atoms with E-state index in [1.54, 1.807) is 0 Å². The zero-order valence-electron chi connectivity index (χ0n) is 7.44. The van der Waals surface area contributed by atoms with E-state index in [0.717, 1.165) is 5.56 Å². The first kappa shape index (κ1) is 9.52. The van der Waals surface area contributed by atoms with E-state index >= 15 is 0 Å². The van der Waals surface area contributed by atoms with E-state index in [1.807, 2.05) is 30.3 Å². The van der Waals surface area contributed by atoms with Gasteiger partial charge in [-0.1, -0.05) is 46.3 Å². The number of alkyl carbamates (subject to hydrolysis) is 1. The molecule has 2 atom stereocenters. The van der Waals surface area contributed by atoms with Crippen LogP contribution in [0.4, 0.5) is 4.79 Å². The van der Waals surface area contributed by atoms with Gasteiger partial charge in [-0.25, -0.2) is 4.79 Å². The number of carbonyl (C=O) groups excluding carboxylic acids is 1. The van der Waals surface area contributed by atoms with Crippen LogP contribution in [0.1, 0.15) is 10.4 Å². The highest BCUT2D eigenvalue weighted by molar-refractivity contribution is 9.09. The molecule has 0 saturated carbocycles. The second-order valence-electron chi connectivity index (χ2n) is 3.16. The largest absolute Gasteiger partial charge is 0.447 e. The van der Waals surface area contributed by atoms with Crippen LogP contribution in [-0.4, -0.2) is 18.7 Å². The fraction of sp³-hybridized carbons (Fsp3) is 0.300. The summed E-state index contributed by atoms with van der Waals surface area (Å²) in [6.45, 7) is 0.420. The number of ether oxygens (including phenoxy) is 1. The molecule has 74 valence electrons. The molecule has 0 aromatic heterocycles. The molecule has 1 heterocycles. The molecule has 1 saturated heterocycles. The zero-order chi connectivity index (χ0) is 9.97. The normalized spacial score (nSPS) is 22.6. The van der Waals surface area contributed by atoms with Gasteiger partial charge in [0.2, 0.25) is 0 Å². The summed E-state index contributed by atoms with van der Waals surface area (Å²) < 4.78 is 4.83. The number of benzene rings is 1. The van der Waals surface area contributed by atoms with Crippen molar-refractivity contribution < 1.29 is 9.53 Å². The minimum Gasteiger partial charge on any atom is -0.447 e. The number of amides is 1. The number of alkyl halides is 1. The van der Waals surface area contributed by atoms with E-state index in [9.17, 15) is 4.79 Å². The lowest BCUT2D eigenvalue weighted by Gasteiger charge is -2.15. The fourth-order valence-electron chi connectivity index (χ4n) is 1.43. The van der Waals surface area contributed by atoms with Crippen LogP contribution < -0.4 is 5.32 Å². The third-order valence-corrected chi connectivity index (χ3v) is 3.34. The Morgan fingerprint density at radius 2 is 2.14 bits per heavy atom. The van der Waals surface area contributed by atoms with Crippen molar-refractivity contribution in [3.05, 3.63) is 35.9 Å². The highest BCUT2D eigenvalue weighted by Crippen LogP contribution is 2.28. The maximum Gasteiger partial charge on any atom is 0.407 e. The number of hydrogen-bond donors (Lipinski definition) is 1. The lowest BCUT2D eigenvalue weighted by molar-refractivity contribution is 0.177. The van der Waals surface area contributed by atoms with Gasteiger partial charge >= 0.3 is 6.09 Å².